The molecule has 47 heavy (non-hydrogen) atoms. The van der Waals surface area contributed by atoms with Crippen LogP contribution < -0.4 is 0 Å². The molecule has 5 fully saturated rings. The van der Waals surface area contributed by atoms with Gasteiger partial charge in [0, 0.05) is 44.9 Å². The molecule has 2 saturated heterocycles. The van der Waals surface area contributed by atoms with Gasteiger partial charge >= 0.3 is 5.97 Å². The van der Waals surface area contributed by atoms with Gasteiger partial charge in [-0.2, -0.15) is 19.6 Å². The molecule has 0 aromatic rings. The largest absolute Gasteiger partial charge is 0.466 e. The van der Waals surface area contributed by atoms with E-state index in [0.717, 1.165) is 95.8 Å². The van der Waals surface area contributed by atoms with Crippen molar-refractivity contribution in [3.05, 3.63) is 0 Å². The van der Waals surface area contributed by atoms with Gasteiger partial charge in [-0.15, -0.1) is 0 Å². The van der Waals surface area contributed by atoms with Crippen molar-refractivity contribution in [1.82, 2.24) is 0 Å². The second-order valence-corrected chi connectivity index (χ2v) is 19.7. The van der Waals surface area contributed by atoms with Crippen LogP contribution in [0.2, 0.25) is 0 Å². The number of cyclic esters (lactones) is 1. The molecule has 7 heteroatoms. The molecule has 0 amide bonds. The summed E-state index contributed by atoms with van der Waals surface area (Å²) in [6.45, 7) is 28.0. The van der Waals surface area contributed by atoms with Crippen molar-refractivity contribution in [2.24, 2.45) is 45.3 Å². The van der Waals surface area contributed by atoms with Gasteiger partial charge in [-0.25, -0.2) is 0 Å². The number of carbonyl (C=O) groups is 2. The Balaban J connectivity index is 0.000000218. The number of carbonyl (C=O) groups excluding carboxylic acids is 2. The first kappa shape index (κ1) is 40.4. The molecule has 0 aromatic heterocycles. The summed E-state index contributed by atoms with van der Waals surface area (Å²) in [5.74, 6) is 1.86. The molecule has 0 radical (unpaired) electrons. The summed E-state index contributed by atoms with van der Waals surface area (Å²) < 4.78 is 4.99. The summed E-state index contributed by atoms with van der Waals surface area (Å²) in [5.41, 5.74) is 1.39. The van der Waals surface area contributed by atoms with Gasteiger partial charge in [0.15, 0.2) is 0 Å². The minimum Gasteiger partial charge on any atom is -0.466 e. The van der Waals surface area contributed by atoms with E-state index in [1.807, 2.05) is 0 Å². The first-order valence-corrected chi connectivity index (χ1v) is 18.9. The van der Waals surface area contributed by atoms with E-state index in [4.69, 9.17) is 24.3 Å². The van der Waals surface area contributed by atoms with Gasteiger partial charge in [-0.05, 0) is 96.7 Å². The lowest BCUT2D eigenvalue weighted by Gasteiger charge is -2.49. The van der Waals surface area contributed by atoms with Gasteiger partial charge in [0.1, 0.15) is 5.78 Å². The second kappa shape index (κ2) is 15.9. The van der Waals surface area contributed by atoms with Crippen LogP contribution in [-0.4, -0.2) is 29.9 Å². The monoisotopic (exact) mass is 665 g/mol. The first-order valence-electron chi connectivity index (χ1n) is 18.9. The standard InChI is InChI=1S/C20H36O4.C10H18O2.C10H18O/c1-17(2,3)15-7-11-19(12-8-15)21-23-20(24-22-19)13-9-16(10-14-20)18(4,5)6;1-10(2,3)8-4-5-9(11)12-7-6-8;1-10(2,3)8-4-6-9(11)7-5-8/h15-16H,7-14H2,1-6H3;8H,4-7H2,1-3H3;8H,4-7H2,1-3H3. The van der Waals surface area contributed by atoms with Gasteiger partial charge < -0.3 is 4.74 Å². The fraction of sp³-hybridized carbons (Fsp3) is 0.950. The van der Waals surface area contributed by atoms with E-state index in [9.17, 15) is 9.59 Å². The molecule has 1 atom stereocenters. The van der Waals surface area contributed by atoms with Crippen LogP contribution in [0.4, 0.5) is 0 Å². The maximum atomic E-state index is 10.9. The molecule has 1 unspecified atom stereocenters. The van der Waals surface area contributed by atoms with Crippen molar-refractivity contribution < 1.29 is 33.9 Å². The van der Waals surface area contributed by atoms with Crippen LogP contribution >= 0.6 is 0 Å². The Morgan fingerprint density at radius 3 is 1.09 bits per heavy atom. The van der Waals surface area contributed by atoms with Crippen LogP contribution in [-0.2, 0) is 33.9 Å². The zero-order chi connectivity index (χ0) is 35.3. The smallest absolute Gasteiger partial charge is 0.305 e. The molecule has 3 aliphatic carbocycles. The van der Waals surface area contributed by atoms with E-state index in [2.05, 4.69) is 83.1 Å². The molecule has 5 rings (SSSR count). The number of hydrogen-bond acceptors (Lipinski definition) is 7. The predicted octanol–water partition coefficient (Wildman–Crippen LogP) is 10.9. The van der Waals surface area contributed by atoms with E-state index in [0.29, 0.717) is 58.2 Å². The molecule has 7 nitrogen and oxygen atoms in total. The minimum atomic E-state index is -0.687. The molecular formula is C40H72O7. The molecule has 2 spiro atoms. The molecule has 2 heterocycles. The van der Waals surface area contributed by atoms with Gasteiger partial charge in [-0.3, -0.25) is 9.59 Å². The van der Waals surface area contributed by atoms with Gasteiger partial charge in [0.25, 0.3) is 0 Å². The Hall–Kier alpha value is -1.02. The fourth-order valence-electron chi connectivity index (χ4n) is 8.01. The van der Waals surface area contributed by atoms with Crippen molar-refractivity contribution in [3.8, 4) is 0 Å². The lowest BCUT2D eigenvalue weighted by molar-refractivity contribution is -0.663. The van der Waals surface area contributed by atoms with Crippen LogP contribution in [0.3, 0.4) is 0 Å². The zero-order valence-electron chi connectivity index (χ0n) is 32.5. The summed E-state index contributed by atoms with van der Waals surface area (Å²) in [7, 11) is 0. The zero-order valence-corrected chi connectivity index (χ0v) is 32.5. The van der Waals surface area contributed by atoms with Crippen LogP contribution in [0.1, 0.15) is 179 Å². The van der Waals surface area contributed by atoms with Crippen LogP contribution in [0.5, 0.6) is 0 Å². The molecule has 3 saturated carbocycles. The highest BCUT2D eigenvalue weighted by Gasteiger charge is 2.53. The van der Waals surface area contributed by atoms with E-state index < -0.39 is 11.6 Å². The highest BCUT2D eigenvalue weighted by molar-refractivity contribution is 5.79. The van der Waals surface area contributed by atoms with Gasteiger partial charge in [0.2, 0.25) is 11.6 Å². The summed E-state index contributed by atoms with van der Waals surface area (Å²) in [5, 5.41) is 0. The van der Waals surface area contributed by atoms with Crippen molar-refractivity contribution in [2.75, 3.05) is 6.61 Å². The highest BCUT2D eigenvalue weighted by atomic mass is 17.4. The Morgan fingerprint density at radius 1 is 0.447 bits per heavy atom. The number of rotatable bonds is 0. The molecule has 5 aliphatic rings. The third kappa shape index (κ3) is 12.4. The minimum absolute atomic E-state index is 0.0262. The third-order valence-electron chi connectivity index (χ3n) is 12.1. The number of hydrogen-bond donors (Lipinski definition) is 0. The lowest BCUT2D eigenvalue weighted by atomic mass is 9.70. The first-order chi connectivity index (χ1) is 21.5. The second-order valence-electron chi connectivity index (χ2n) is 19.7. The third-order valence-corrected chi connectivity index (χ3v) is 12.1. The molecular weight excluding hydrogens is 592 g/mol. The molecule has 2 aliphatic heterocycles. The molecule has 0 bridgehead atoms. The Morgan fingerprint density at radius 2 is 0.745 bits per heavy atom. The summed E-state index contributed by atoms with van der Waals surface area (Å²) >= 11 is 0. The Kier molecular flexibility index (Phi) is 13.7. The van der Waals surface area contributed by atoms with E-state index >= 15 is 0 Å². The van der Waals surface area contributed by atoms with Crippen molar-refractivity contribution in [2.45, 2.75) is 191 Å². The van der Waals surface area contributed by atoms with Crippen LogP contribution in [0.25, 0.3) is 0 Å². The summed E-state index contributed by atoms with van der Waals surface area (Å²) in [6.07, 6.45) is 14.2. The molecule has 0 aromatic carbocycles. The maximum Gasteiger partial charge on any atom is 0.305 e. The summed E-state index contributed by atoms with van der Waals surface area (Å²) in [4.78, 5) is 45.2. The Labute approximate surface area is 288 Å². The van der Waals surface area contributed by atoms with Crippen molar-refractivity contribution in [1.29, 1.82) is 0 Å². The van der Waals surface area contributed by atoms with Gasteiger partial charge in [-0.1, -0.05) is 83.1 Å². The van der Waals surface area contributed by atoms with Crippen LogP contribution in [0, 0.1) is 45.3 Å². The van der Waals surface area contributed by atoms with Crippen molar-refractivity contribution >= 4 is 11.8 Å². The SMILES string of the molecule is CC(C)(C)C1CCC(=O)CC1.CC(C)(C)C1CCC2(CC1)OOC1(CCC(C(C)(C)C)CC1)OO2.CC(C)(C)C1CCOC(=O)CC1. The van der Waals surface area contributed by atoms with E-state index in [1.54, 1.807) is 0 Å². The Bertz CT molecular complexity index is 926. The normalized spacial score (nSPS) is 33.2. The average Bonchev–Trinajstić information content (AvgIpc) is 3.20. The van der Waals surface area contributed by atoms with Crippen molar-refractivity contribution in [3.63, 3.8) is 0 Å². The number of ketones is 1. The lowest BCUT2D eigenvalue weighted by Crippen LogP contribution is -2.54. The molecule has 0 N–H and O–H groups in total. The van der Waals surface area contributed by atoms with Crippen LogP contribution in [0.15, 0.2) is 0 Å². The topological polar surface area (TPSA) is 80.3 Å². The van der Waals surface area contributed by atoms with Gasteiger partial charge in [0.05, 0.1) is 6.61 Å². The fourth-order valence-corrected chi connectivity index (χ4v) is 8.01. The van der Waals surface area contributed by atoms with E-state index in [-0.39, 0.29) is 5.97 Å². The maximum absolute atomic E-state index is 10.9. The highest BCUT2D eigenvalue weighted by Crippen LogP contribution is 2.50. The number of Topliss-reactive ketones (excluding diaryl/α,β-unsaturated/α-hetero) is 1. The summed E-state index contributed by atoms with van der Waals surface area (Å²) in [6, 6.07) is 0. The average molecular weight is 665 g/mol. The molecule has 274 valence electrons. The van der Waals surface area contributed by atoms with E-state index in [1.165, 1.54) is 0 Å². The quantitative estimate of drug-likeness (QED) is 0.188. The number of ether oxygens (including phenoxy) is 1. The predicted molar refractivity (Wildman–Crippen MR) is 187 cm³/mol. The number of esters is 1.